The van der Waals surface area contributed by atoms with Crippen LogP contribution in [0.1, 0.15) is 11.1 Å². The molecule has 1 heterocycles. The van der Waals surface area contributed by atoms with Crippen LogP contribution in [0.3, 0.4) is 0 Å². The van der Waals surface area contributed by atoms with Crippen molar-refractivity contribution in [1.82, 2.24) is 10.2 Å². The van der Waals surface area contributed by atoms with Gasteiger partial charge in [0.15, 0.2) is 5.82 Å². The van der Waals surface area contributed by atoms with E-state index in [0.29, 0.717) is 16.4 Å². The van der Waals surface area contributed by atoms with Crippen LogP contribution in [-0.2, 0) is 0 Å². The number of nitrogens with zero attached hydrogens (tertiary/aromatic N) is 3. The van der Waals surface area contributed by atoms with Gasteiger partial charge in [0.1, 0.15) is 16.7 Å². The molecular weight excluding hydrogens is 312 g/mol. The van der Waals surface area contributed by atoms with E-state index in [1.807, 2.05) is 30.5 Å². The molecule has 0 atom stereocenters. The molecule has 0 bridgehead atoms. The normalized spacial score (nSPS) is 10.7. The first-order valence-corrected chi connectivity index (χ1v) is 7.08. The average Bonchev–Trinajstić information content (AvgIpc) is 2.80. The third-order valence-corrected chi connectivity index (χ3v) is 3.44. The van der Waals surface area contributed by atoms with E-state index in [-0.39, 0.29) is 0 Å². The lowest BCUT2D eigenvalue weighted by Gasteiger charge is -1.93. The molecule has 0 unspecified atom stereocenters. The van der Waals surface area contributed by atoms with Gasteiger partial charge in [0.2, 0.25) is 0 Å². The molecular formula is C12H9BrN4S. The van der Waals surface area contributed by atoms with Crippen LogP contribution < -0.4 is 0 Å². The van der Waals surface area contributed by atoms with E-state index in [9.17, 15) is 0 Å². The Morgan fingerprint density at radius 3 is 2.78 bits per heavy atom. The molecule has 4 nitrogen and oxygen atoms in total. The number of aliphatic imine (C=N–C) groups is 1. The van der Waals surface area contributed by atoms with Crippen molar-refractivity contribution in [1.29, 1.82) is 5.26 Å². The molecule has 0 saturated heterocycles. The third kappa shape index (κ3) is 2.81. The third-order valence-electron chi connectivity index (χ3n) is 2.23. The minimum Gasteiger partial charge on any atom is -0.259 e. The lowest BCUT2D eigenvalue weighted by atomic mass is 10.2. The summed E-state index contributed by atoms with van der Waals surface area (Å²) in [5.41, 5.74) is 1.44. The number of nitriles is 1. The number of H-pyrrole nitrogens is 1. The van der Waals surface area contributed by atoms with Gasteiger partial charge in [-0.1, -0.05) is 28.1 Å². The number of thioether (sulfide) groups is 1. The number of rotatable bonds is 3. The van der Waals surface area contributed by atoms with Crippen LogP contribution in [0, 0.1) is 11.3 Å². The summed E-state index contributed by atoms with van der Waals surface area (Å²) in [6.45, 7) is 0. The number of benzene rings is 1. The van der Waals surface area contributed by atoms with Crippen molar-refractivity contribution in [3.63, 3.8) is 0 Å². The van der Waals surface area contributed by atoms with Crippen molar-refractivity contribution >= 4 is 39.7 Å². The summed E-state index contributed by atoms with van der Waals surface area (Å²) >= 11 is 4.79. The zero-order chi connectivity index (χ0) is 13.0. The van der Waals surface area contributed by atoms with Crippen molar-refractivity contribution < 1.29 is 0 Å². The van der Waals surface area contributed by atoms with Gasteiger partial charge in [-0.25, -0.2) is 4.99 Å². The largest absolute Gasteiger partial charge is 0.259 e. The molecule has 2 rings (SSSR count). The minimum absolute atomic E-state index is 0.482. The maximum atomic E-state index is 9.05. The van der Waals surface area contributed by atoms with Crippen LogP contribution in [0.4, 0.5) is 5.82 Å². The first kappa shape index (κ1) is 12.9. The van der Waals surface area contributed by atoms with Crippen LogP contribution in [0.15, 0.2) is 38.8 Å². The van der Waals surface area contributed by atoms with E-state index < -0.39 is 0 Å². The predicted molar refractivity (Wildman–Crippen MR) is 76.5 cm³/mol. The van der Waals surface area contributed by atoms with Gasteiger partial charge < -0.3 is 0 Å². The zero-order valence-electron chi connectivity index (χ0n) is 9.51. The molecule has 0 aliphatic heterocycles. The highest BCUT2D eigenvalue weighted by atomic mass is 79.9. The van der Waals surface area contributed by atoms with Gasteiger partial charge in [-0.2, -0.15) is 10.4 Å². The number of aromatic amines is 1. The quantitative estimate of drug-likeness (QED) is 0.695. The fourth-order valence-corrected chi connectivity index (χ4v) is 2.09. The van der Waals surface area contributed by atoms with Crippen molar-refractivity contribution in [3.05, 3.63) is 39.9 Å². The smallest absolute Gasteiger partial charge is 0.167 e. The lowest BCUT2D eigenvalue weighted by molar-refractivity contribution is 1.00. The maximum absolute atomic E-state index is 9.05. The van der Waals surface area contributed by atoms with Gasteiger partial charge >= 0.3 is 0 Å². The van der Waals surface area contributed by atoms with Gasteiger partial charge in [-0.05, 0) is 24.0 Å². The summed E-state index contributed by atoms with van der Waals surface area (Å²) in [4.78, 5) is 4.25. The summed E-state index contributed by atoms with van der Waals surface area (Å²) in [6, 6.07) is 9.85. The Bertz CT molecular complexity index is 610. The molecule has 0 radical (unpaired) electrons. The second kappa shape index (κ2) is 5.85. The molecule has 1 aromatic heterocycles. The van der Waals surface area contributed by atoms with Crippen LogP contribution in [0.2, 0.25) is 0 Å². The molecule has 0 spiro atoms. The molecule has 1 N–H and O–H groups in total. The van der Waals surface area contributed by atoms with Crippen molar-refractivity contribution in [2.75, 3.05) is 6.26 Å². The fraction of sp³-hybridized carbons (Fsp3) is 0.0833. The SMILES string of the molecule is CSc1n[nH]c(N=Cc2ccc(Br)cc2)c1C#N. The van der Waals surface area contributed by atoms with Gasteiger partial charge in [0.05, 0.1) is 0 Å². The maximum Gasteiger partial charge on any atom is 0.167 e. The average molecular weight is 321 g/mol. The zero-order valence-corrected chi connectivity index (χ0v) is 11.9. The van der Waals surface area contributed by atoms with Gasteiger partial charge in [-0.15, -0.1) is 11.8 Å². The molecule has 0 amide bonds. The minimum atomic E-state index is 0.482. The Labute approximate surface area is 117 Å². The summed E-state index contributed by atoms with van der Waals surface area (Å²) in [5, 5.41) is 16.5. The van der Waals surface area contributed by atoms with E-state index in [2.05, 4.69) is 37.2 Å². The van der Waals surface area contributed by atoms with E-state index in [4.69, 9.17) is 5.26 Å². The predicted octanol–water partition coefficient (Wildman–Crippen LogP) is 3.52. The molecule has 6 heteroatoms. The Hall–Kier alpha value is -1.58. The Balaban J connectivity index is 2.26. The lowest BCUT2D eigenvalue weighted by Crippen LogP contribution is -1.80. The summed E-state index contributed by atoms with van der Waals surface area (Å²) in [7, 11) is 0. The van der Waals surface area contributed by atoms with Gasteiger partial charge in [0.25, 0.3) is 0 Å². The molecule has 18 heavy (non-hydrogen) atoms. The number of hydrogen-bond donors (Lipinski definition) is 1. The topological polar surface area (TPSA) is 64.8 Å². The molecule has 0 saturated carbocycles. The standard InChI is InChI=1S/C12H9BrN4S/c1-18-12-10(6-14)11(16-17-12)15-7-8-2-4-9(13)5-3-8/h2-5,7H,1H3,(H,16,17). The number of hydrogen-bond acceptors (Lipinski definition) is 4. The highest BCUT2D eigenvalue weighted by molar-refractivity contribution is 9.10. The Morgan fingerprint density at radius 1 is 1.44 bits per heavy atom. The monoisotopic (exact) mass is 320 g/mol. The molecule has 2 aromatic rings. The highest BCUT2D eigenvalue weighted by Crippen LogP contribution is 2.25. The molecule has 90 valence electrons. The molecule has 0 fully saturated rings. The number of aromatic nitrogens is 2. The van der Waals surface area contributed by atoms with Crippen LogP contribution in [0.5, 0.6) is 0 Å². The van der Waals surface area contributed by atoms with Crippen LogP contribution in [0.25, 0.3) is 0 Å². The molecule has 1 aromatic carbocycles. The first-order chi connectivity index (χ1) is 8.74. The number of halogens is 1. The highest BCUT2D eigenvalue weighted by Gasteiger charge is 2.10. The van der Waals surface area contributed by atoms with Crippen molar-refractivity contribution in [2.24, 2.45) is 4.99 Å². The Morgan fingerprint density at radius 2 is 2.17 bits per heavy atom. The van der Waals surface area contributed by atoms with E-state index in [0.717, 1.165) is 10.0 Å². The van der Waals surface area contributed by atoms with Crippen molar-refractivity contribution in [3.8, 4) is 6.07 Å². The van der Waals surface area contributed by atoms with Crippen LogP contribution in [-0.4, -0.2) is 22.7 Å². The second-order valence-electron chi connectivity index (χ2n) is 3.38. The second-order valence-corrected chi connectivity index (χ2v) is 5.09. The van der Waals surface area contributed by atoms with E-state index in [1.54, 1.807) is 6.21 Å². The van der Waals surface area contributed by atoms with Crippen molar-refractivity contribution in [2.45, 2.75) is 5.03 Å². The molecule has 0 aliphatic rings. The van der Waals surface area contributed by atoms with E-state index >= 15 is 0 Å². The van der Waals surface area contributed by atoms with Gasteiger partial charge in [-0.3, -0.25) is 5.10 Å². The Kier molecular flexibility index (Phi) is 4.18. The molecule has 0 aliphatic carbocycles. The summed E-state index contributed by atoms with van der Waals surface area (Å²) < 4.78 is 1.02. The summed E-state index contributed by atoms with van der Waals surface area (Å²) in [6.07, 6.45) is 3.57. The van der Waals surface area contributed by atoms with E-state index in [1.165, 1.54) is 11.8 Å². The first-order valence-electron chi connectivity index (χ1n) is 5.06. The summed E-state index contributed by atoms with van der Waals surface area (Å²) in [5.74, 6) is 0.491. The fourth-order valence-electron chi connectivity index (χ4n) is 1.35. The van der Waals surface area contributed by atoms with Crippen LogP contribution >= 0.6 is 27.7 Å². The van der Waals surface area contributed by atoms with Gasteiger partial charge in [0, 0.05) is 10.7 Å². The number of nitrogens with one attached hydrogen (secondary N) is 1.